The Kier molecular flexibility index (Phi) is 3.23. The summed E-state index contributed by atoms with van der Waals surface area (Å²) in [6.07, 6.45) is 1.11. The van der Waals surface area contributed by atoms with Crippen molar-refractivity contribution in [3.05, 3.63) is 24.0 Å². The van der Waals surface area contributed by atoms with Crippen LogP contribution in [0.15, 0.2) is 18.5 Å². The summed E-state index contributed by atoms with van der Waals surface area (Å²) in [7, 11) is 0. The van der Waals surface area contributed by atoms with E-state index < -0.39 is 12.2 Å². The van der Waals surface area contributed by atoms with E-state index in [1.165, 1.54) is 17.3 Å². The zero-order valence-corrected chi connectivity index (χ0v) is 9.08. The molecular formula is C10H14N4O3. The van der Waals surface area contributed by atoms with E-state index in [-0.39, 0.29) is 19.0 Å². The average Bonchev–Trinajstić information content (AvgIpc) is 2.68. The van der Waals surface area contributed by atoms with Crippen LogP contribution in [0.3, 0.4) is 0 Å². The second-order valence-corrected chi connectivity index (χ2v) is 3.91. The largest absolute Gasteiger partial charge is 0.388 e. The van der Waals surface area contributed by atoms with Crippen molar-refractivity contribution in [2.45, 2.75) is 12.2 Å². The third kappa shape index (κ3) is 2.21. The molecule has 1 saturated heterocycles. The predicted molar refractivity (Wildman–Crippen MR) is 60.0 cm³/mol. The molecule has 1 aromatic rings. The molecular weight excluding hydrogens is 224 g/mol. The summed E-state index contributed by atoms with van der Waals surface area (Å²) in [4.78, 5) is 17.3. The molecule has 7 heteroatoms. The van der Waals surface area contributed by atoms with Gasteiger partial charge < -0.3 is 20.5 Å². The molecule has 1 aliphatic rings. The number of aliphatic hydroxyl groups is 2. The maximum absolute atomic E-state index is 12.1. The molecule has 0 radical (unpaired) electrons. The quantitative estimate of drug-likeness (QED) is 0.370. The molecule has 2 rings (SSSR count). The number of nitrogens with two attached hydrogens (primary N) is 1. The van der Waals surface area contributed by atoms with Crippen molar-refractivity contribution in [3.8, 4) is 0 Å². The highest BCUT2D eigenvalue weighted by molar-refractivity contribution is 5.99. The number of hydrogen-bond donors (Lipinski definition) is 4. The molecule has 2 atom stereocenters. The molecule has 0 spiro atoms. The number of anilines is 1. The standard InChI is InChI=1S/C10H14N4O3/c11-13-7-1-2-12-3-6(7)10(17)14-4-8(15)9(16)5-14/h1-3,8-9,15-16H,4-5,11H2,(H,12,13). The highest BCUT2D eigenvalue weighted by Gasteiger charge is 2.33. The molecule has 7 nitrogen and oxygen atoms in total. The van der Waals surface area contributed by atoms with Gasteiger partial charge in [0.1, 0.15) is 0 Å². The number of nitrogen functional groups attached to an aromatic ring is 1. The second kappa shape index (κ2) is 4.66. The molecule has 1 aliphatic heterocycles. The number of aromatic nitrogens is 1. The number of pyridine rings is 1. The van der Waals surface area contributed by atoms with Gasteiger partial charge >= 0.3 is 0 Å². The van der Waals surface area contributed by atoms with E-state index in [2.05, 4.69) is 10.4 Å². The summed E-state index contributed by atoms with van der Waals surface area (Å²) < 4.78 is 0. The topological polar surface area (TPSA) is 112 Å². The summed E-state index contributed by atoms with van der Waals surface area (Å²) in [6, 6.07) is 1.58. The Labute approximate surface area is 97.8 Å². The zero-order chi connectivity index (χ0) is 12.4. The Morgan fingerprint density at radius 2 is 2.12 bits per heavy atom. The second-order valence-electron chi connectivity index (χ2n) is 3.91. The van der Waals surface area contributed by atoms with Gasteiger partial charge in [0.15, 0.2) is 0 Å². The van der Waals surface area contributed by atoms with Crippen LogP contribution in [-0.4, -0.2) is 51.3 Å². The number of carbonyl (C=O) groups is 1. The highest BCUT2D eigenvalue weighted by atomic mass is 16.3. The van der Waals surface area contributed by atoms with E-state index in [9.17, 15) is 15.0 Å². The SMILES string of the molecule is NNc1ccncc1C(=O)N1CC(O)C(O)C1. The fourth-order valence-electron chi connectivity index (χ4n) is 1.80. The Balaban J connectivity index is 2.20. The Bertz CT molecular complexity index is 416. The number of aliphatic hydroxyl groups excluding tert-OH is 2. The first-order valence-corrected chi connectivity index (χ1v) is 5.19. The molecule has 0 saturated carbocycles. The van der Waals surface area contributed by atoms with E-state index in [4.69, 9.17) is 5.84 Å². The van der Waals surface area contributed by atoms with Crippen LogP contribution in [0.5, 0.6) is 0 Å². The van der Waals surface area contributed by atoms with Crippen molar-refractivity contribution in [2.24, 2.45) is 5.84 Å². The molecule has 2 heterocycles. The van der Waals surface area contributed by atoms with E-state index in [1.807, 2.05) is 0 Å². The minimum absolute atomic E-state index is 0.110. The number of carbonyl (C=O) groups excluding carboxylic acids is 1. The number of hydrazine groups is 1. The van der Waals surface area contributed by atoms with E-state index in [0.717, 1.165) is 0 Å². The molecule has 0 bridgehead atoms. The van der Waals surface area contributed by atoms with E-state index in [0.29, 0.717) is 11.3 Å². The number of β-amino-alcohol motifs (C(OH)–C–C–N with tert-alkyl or cyclic N) is 2. The molecule has 0 aromatic carbocycles. The van der Waals surface area contributed by atoms with Gasteiger partial charge in [-0.25, -0.2) is 0 Å². The first-order valence-electron chi connectivity index (χ1n) is 5.19. The normalized spacial score (nSPS) is 23.8. The molecule has 1 amide bonds. The fraction of sp³-hybridized carbons (Fsp3) is 0.400. The molecule has 92 valence electrons. The smallest absolute Gasteiger partial charge is 0.257 e. The van der Waals surface area contributed by atoms with Gasteiger partial charge in [0.25, 0.3) is 5.91 Å². The van der Waals surface area contributed by atoms with Crippen LogP contribution in [0.2, 0.25) is 0 Å². The predicted octanol–water partition coefficient (Wildman–Crippen LogP) is -1.46. The van der Waals surface area contributed by atoms with Crippen LogP contribution in [0, 0.1) is 0 Å². The maximum atomic E-state index is 12.1. The van der Waals surface area contributed by atoms with Crippen molar-refractivity contribution in [1.29, 1.82) is 0 Å². The molecule has 0 aliphatic carbocycles. The summed E-state index contributed by atoms with van der Waals surface area (Å²) in [5, 5.41) is 18.8. The van der Waals surface area contributed by atoms with Crippen molar-refractivity contribution in [1.82, 2.24) is 9.88 Å². The minimum atomic E-state index is -0.898. The van der Waals surface area contributed by atoms with Crippen LogP contribution in [0.1, 0.15) is 10.4 Å². The Morgan fingerprint density at radius 3 is 2.71 bits per heavy atom. The van der Waals surface area contributed by atoms with Gasteiger partial charge in [-0.2, -0.15) is 0 Å². The number of hydrogen-bond acceptors (Lipinski definition) is 6. The third-order valence-electron chi connectivity index (χ3n) is 2.75. The molecule has 1 fully saturated rings. The first kappa shape index (κ1) is 11.8. The van der Waals surface area contributed by atoms with Crippen LogP contribution in [0.25, 0.3) is 0 Å². The van der Waals surface area contributed by atoms with Gasteiger partial charge in [-0.1, -0.05) is 0 Å². The minimum Gasteiger partial charge on any atom is -0.388 e. The van der Waals surface area contributed by atoms with Gasteiger partial charge in [-0.15, -0.1) is 0 Å². The Morgan fingerprint density at radius 1 is 1.47 bits per heavy atom. The lowest BCUT2D eigenvalue weighted by Gasteiger charge is -2.16. The number of nitrogens with one attached hydrogen (secondary N) is 1. The number of likely N-dealkylation sites (tertiary alicyclic amines) is 1. The van der Waals surface area contributed by atoms with Crippen molar-refractivity contribution in [3.63, 3.8) is 0 Å². The summed E-state index contributed by atoms with van der Waals surface area (Å²) in [5.41, 5.74) is 3.19. The van der Waals surface area contributed by atoms with Gasteiger partial charge in [0.05, 0.1) is 23.5 Å². The number of rotatable bonds is 2. The van der Waals surface area contributed by atoms with E-state index >= 15 is 0 Å². The molecule has 5 N–H and O–H groups in total. The lowest BCUT2D eigenvalue weighted by Crippen LogP contribution is -2.31. The lowest BCUT2D eigenvalue weighted by molar-refractivity contribution is 0.0572. The van der Waals surface area contributed by atoms with Gasteiger partial charge in [0.2, 0.25) is 0 Å². The summed E-state index contributed by atoms with van der Waals surface area (Å²) in [6.45, 7) is 0.220. The molecule has 17 heavy (non-hydrogen) atoms. The summed E-state index contributed by atoms with van der Waals surface area (Å²) >= 11 is 0. The van der Waals surface area contributed by atoms with Gasteiger partial charge in [-0.05, 0) is 6.07 Å². The zero-order valence-electron chi connectivity index (χ0n) is 9.08. The van der Waals surface area contributed by atoms with Crippen LogP contribution in [-0.2, 0) is 0 Å². The highest BCUT2D eigenvalue weighted by Crippen LogP contribution is 2.18. The maximum Gasteiger partial charge on any atom is 0.257 e. The van der Waals surface area contributed by atoms with Crippen LogP contribution >= 0.6 is 0 Å². The third-order valence-corrected chi connectivity index (χ3v) is 2.75. The first-order chi connectivity index (χ1) is 8.13. The molecule has 1 aromatic heterocycles. The monoisotopic (exact) mass is 238 g/mol. The Hall–Kier alpha value is -1.70. The lowest BCUT2D eigenvalue weighted by atomic mass is 10.2. The fourth-order valence-corrected chi connectivity index (χ4v) is 1.80. The van der Waals surface area contributed by atoms with Crippen LogP contribution < -0.4 is 11.3 Å². The summed E-state index contributed by atoms with van der Waals surface area (Å²) in [5.74, 6) is 4.98. The van der Waals surface area contributed by atoms with Gasteiger partial charge in [0, 0.05) is 25.5 Å². The van der Waals surface area contributed by atoms with Crippen LogP contribution in [0.4, 0.5) is 5.69 Å². The van der Waals surface area contributed by atoms with Crippen molar-refractivity contribution in [2.75, 3.05) is 18.5 Å². The van der Waals surface area contributed by atoms with Gasteiger partial charge in [-0.3, -0.25) is 15.6 Å². The number of nitrogens with zero attached hydrogens (tertiary/aromatic N) is 2. The van der Waals surface area contributed by atoms with Crippen molar-refractivity contribution >= 4 is 11.6 Å². The molecule has 2 unspecified atom stereocenters. The number of amides is 1. The average molecular weight is 238 g/mol. The van der Waals surface area contributed by atoms with E-state index in [1.54, 1.807) is 6.07 Å². The van der Waals surface area contributed by atoms with Crippen molar-refractivity contribution < 1.29 is 15.0 Å².